The third-order valence-corrected chi connectivity index (χ3v) is 5.74. The summed E-state index contributed by atoms with van der Waals surface area (Å²) in [5.74, 6) is 0.448. The molecule has 9 heteroatoms. The number of hydrogen-bond donors (Lipinski definition) is 3. The van der Waals surface area contributed by atoms with E-state index in [0.717, 1.165) is 27.7 Å². The van der Waals surface area contributed by atoms with Gasteiger partial charge in [-0.2, -0.15) is 0 Å². The quantitative estimate of drug-likeness (QED) is 0.266. The van der Waals surface area contributed by atoms with Crippen LogP contribution in [-0.4, -0.2) is 26.8 Å². The molecule has 2 aromatic heterocycles. The highest BCUT2D eigenvalue weighted by molar-refractivity contribution is 5.98. The summed E-state index contributed by atoms with van der Waals surface area (Å²) in [5, 5.41) is 7.07. The number of ether oxygens (including phenoxy) is 1. The van der Waals surface area contributed by atoms with Crippen molar-refractivity contribution in [3.8, 4) is 11.6 Å². The van der Waals surface area contributed by atoms with Crippen molar-refractivity contribution in [2.24, 2.45) is 5.73 Å². The second-order valence-electron chi connectivity index (χ2n) is 8.64. The Morgan fingerprint density at radius 2 is 1.74 bits per heavy atom. The number of carbonyl (C=O) groups excluding carboxylic acids is 2. The molecule has 0 atom stereocenters. The van der Waals surface area contributed by atoms with Gasteiger partial charge in [-0.1, -0.05) is 24.3 Å². The number of benzene rings is 3. The first kappa shape index (κ1) is 24.4. The van der Waals surface area contributed by atoms with Crippen LogP contribution in [0.25, 0.3) is 10.9 Å². The Morgan fingerprint density at radius 3 is 2.53 bits per heavy atom. The van der Waals surface area contributed by atoms with Crippen LogP contribution in [0, 0.1) is 6.92 Å². The van der Waals surface area contributed by atoms with Gasteiger partial charge >= 0.3 is 0 Å². The first-order chi connectivity index (χ1) is 18.4. The molecule has 0 bridgehead atoms. The van der Waals surface area contributed by atoms with Crippen LogP contribution in [0.5, 0.6) is 11.6 Å². The molecule has 0 fully saturated rings. The first-order valence-electron chi connectivity index (χ1n) is 11.8. The van der Waals surface area contributed by atoms with E-state index in [9.17, 15) is 9.59 Å². The highest BCUT2D eigenvalue weighted by atomic mass is 16.5. The molecule has 0 unspecified atom stereocenters. The molecule has 188 valence electrons. The number of primary amides is 1. The van der Waals surface area contributed by atoms with Crippen LogP contribution >= 0.6 is 0 Å². The van der Waals surface area contributed by atoms with Gasteiger partial charge in [0, 0.05) is 23.0 Å². The van der Waals surface area contributed by atoms with Crippen LogP contribution in [0.15, 0.2) is 91.4 Å². The molecule has 0 aliphatic rings. The van der Waals surface area contributed by atoms with Crippen molar-refractivity contribution in [3.63, 3.8) is 0 Å². The third kappa shape index (κ3) is 5.73. The summed E-state index contributed by atoms with van der Waals surface area (Å²) in [5.41, 5.74) is 9.80. The zero-order chi connectivity index (χ0) is 26.5. The average Bonchev–Trinajstić information content (AvgIpc) is 2.90. The van der Waals surface area contributed by atoms with Crippen molar-refractivity contribution in [1.82, 2.24) is 15.0 Å². The summed E-state index contributed by atoms with van der Waals surface area (Å²) < 4.78 is 5.70. The highest BCUT2D eigenvalue weighted by Gasteiger charge is 2.12. The number of aromatic nitrogens is 3. The molecule has 0 radical (unpaired) electrons. The van der Waals surface area contributed by atoms with Gasteiger partial charge in [-0.3, -0.25) is 9.59 Å². The molecular weight excluding hydrogens is 480 g/mol. The Kier molecular flexibility index (Phi) is 6.90. The van der Waals surface area contributed by atoms with Crippen molar-refractivity contribution < 1.29 is 14.3 Å². The van der Waals surface area contributed by atoms with E-state index >= 15 is 0 Å². The number of anilines is 3. The lowest BCUT2D eigenvalue weighted by atomic mass is 10.1. The molecule has 0 aliphatic carbocycles. The molecule has 9 nitrogen and oxygen atoms in total. The van der Waals surface area contributed by atoms with Crippen LogP contribution in [0.2, 0.25) is 0 Å². The van der Waals surface area contributed by atoms with E-state index in [1.165, 1.54) is 12.5 Å². The standard InChI is InChI=1S/C29H24N6O3/c1-18-4-2-5-20(14-18)35-28-24-16-21(9-12-25(24)32-17-33-28)34-26(36)15-19-7-10-22(11-8-19)38-29-23(27(30)37)6-3-13-31-29/h2-14,16-17H,15H2,1H3,(H2,30,37)(H,34,36)(H,32,33,35). The molecule has 2 heterocycles. The maximum Gasteiger partial charge on any atom is 0.254 e. The van der Waals surface area contributed by atoms with Crippen molar-refractivity contribution in [1.29, 1.82) is 0 Å². The molecule has 5 aromatic rings. The van der Waals surface area contributed by atoms with Crippen LogP contribution < -0.4 is 21.1 Å². The molecule has 3 aromatic carbocycles. The molecule has 38 heavy (non-hydrogen) atoms. The molecule has 2 amide bonds. The molecule has 5 rings (SSSR count). The van der Waals surface area contributed by atoms with Gasteiger partial charge in [0.1, 0.15) is 23.5 Å². The van der Waals surface area contributed by atoms with Gasteiger partial charge in [0.25, 0.3) is 5.91 Å². The van der Waals surface area contributed by atoms with Gasteiger partial charge in [-0.15, -0.1) is 0 Å². The molecule has 0 aliphatic heterocycles. The Bertz CT molecular complexity index is 1640. The maximum atomic E-state index is 12.8. The summed E-state index contributed by atoms with van der Waals surface area (Å²) in [7, 11) is 0. The minimum atomic E-state index is -0.625. The number of fused-ring (bicyclic) bond motifs is 1. The lowest BCUT2D eigenvalue weighted by Crippen LogP contribution is -2.14. The summed E-state index contributed by atoms with van der Waals surface area (Å²) in [4.78, 5) is 37.1. The number of rotatable bonds is 8. The predicted octanol–water partition coefficient (Wildman–Crippen LogP) is 5.15. The van der Waals surface area contributed by atoms with Gasteiger partial charge in [0.15, 0.2) is 0 Å². The topological polar surface area (TPSA) is 132 Å². The zero-order valence-corrected chi connectivity index (χ0v) is 20.5. The number of amides is 2. The van der Waals surface area contributed by atoms with Crippen LogP contribution in [0.3, 0.4) is 0 Å². The molecule has 0 saturated carbocycles. The lowest BCUT2D eigenvalue weighted by Gasteiger charge is -2.11. The number of aryl methyl sites for hydroxylation is 1. The average molecular weight is 505 g/mol. The van der Waals surface area contributed by atoms with Crippen LogP contribution in [0.1, 0.15) is 21.5 Å². The van der Waals surface area contributed by atoms with E-state index < -0.39 is 5.91 Å². The van der Waals surface area contributed by atoms with E-state index in [1.807, 2.05) is 49.4 Å². The van der Waals surface area contributed by atoms with Crippen LogP contribution in [0.4, 0.5) is 17.2 Å². The summed E-state index contributed by atoms with van der Waals surface area (Å²) in [6.07, 6.45) is 3.18. The Hall–Kier alpha value is -5.31. The first-order valence-corrected chi connectivity index (χ1v) is 11.8. The maximum absolute atomic E-state index is 12.8. The monoisotopic (exact) mass is 504 g/mol. The van der Waals surface area contributed by atoms with Gasteiger partial charge in [0.2, 0.25) is 11.8 Å². The number of nitrogens with one attached hydrogen (secondary N) is 2. The fraction of sp³-hybridized carbons (Fsp3) is 0.0690. The van der Waals surface area contributed by atoms with Crippen molar-refractivity contribution in [2.75, 3.05) is 10.6 Å². The Labute approximate surface area is 218 Å². The van der Waals surface area contributed by atoms with Gasteiger partial charge < -0.3 is 21.1 Å². The van der Waals surface area contributed by atoms with E-state index in [-0.39, 0.29) is 23.8 Å². The Morgan fingerprint density at radius 1 is 0.895 bits per heavy atom. The van der Waals surface area contributed by atoms with E-state index in [4.69, 9.17) is 10.5 Å². The van der Waals surface area contributed by atoms with Crippen molar-refractivity contribution in [3.05, 3.63) is 108 Å². The van der Waals surface area contributed by atoms with E-state index in [2.05, 4.69) is 25.6 Å². The SMILES string of the molecule is Cc1cccc(Nc2ncnc3ccc(NC(=O)Cc4ccc(Oc5ncccc5C(N)=O)cc4)cc23)c1. The summed E-state index contributed by atoms with van der Waals surface area (Å²) in [6, 6.07) is 23.6. The number of pyridine rings is 1. The zero-order valence-electron chi connectivity index (χ0n) is 20.5. The summed E-state index contributed by atoms with van der Waals surface area (Å²) in [6.45, 7) is 2.03. The number of nitrogens with two attached hydrogens (primary N) is 1. The number of hydrogen-bond acceptors (Lipinski definition) is 7. The van der Waals surface area contributed by atoms with Gasteiger partial charge in [-0.05, 0) is 72.6 Å². The molecule has 4 N–H and O–H groups in total. The van der Waals surface area contributed by atoms with Crippen molar-refractivity contribution in [2.45, 2.75) is 13.3 Å². The smallest absolute Gasteiger partial charge is 0.254 e. The van der Waals surface area contributed by atoms with Crippen LogP contribution in [-0.2, 0) is 11.2 Å². The number of carbonyl (C=O) groups is 2. The molecule has 0 spiro atoms. The van der Waals surface area contributed by atoms with E-state index in [1.54, 1.807) is 36.4 Å². The predicted molar refractivity (Wildman–Crippen MR) is 146 cm³/mol. The number of nitrogens with zero attached hydrogens (tertiary/aromatic N) is 3. The van der Waals surface area contributed by atoms with E-state index in [0.29, 0.717) is 17.3 Å². The normalized spacial score (nSPS) is 10.7. The second kappa shape index (κ2) is 10.8. The largest absolute Gasteiger partial charge is 0.438 e. The fourth-order valence-electron chi connectivity index (χ4n) is 3.93. The van der Waals surface area contributed by atoms with Gasteiger partial charge in [-0.25, -0.2) is 15.0 Å². The Balaban J connectivity index is 1.26. The fourth-order valence-corrected chi connectivity index (χ4v) is 3.93. The molecular formula is C29H24N6O3. The third-order valence-electron chi connectivity index (χ3n) is 5.74. The summed E-state index contributed by atoms with van der Waals surface area (Å²) >= 11 is 0. The lowest BCUT2D eigenvalue weighted by molar-refractivity contribution is -0.115. The minimum absolute atomic E-state index is 0.127. The second-order valence-corrected chi connectivity index (χ2v) is 8.64. The minimum Gasteiger partial charge on any atom is -0.438 e. The van der Waals surface area contributed by atoms with Gasteiger partial charge in [0.05, 0.1) is 11.9 Å². The molecule has 0 saturated heterocycles. The van der Waals surface area contributed by atoms with Crippen molar-refractivity contribution >= 4 is 39.9 Å². The highest BCUT2D eigenvalue weighted by Crippen LogP contribution is 2.27.